The lowest BCUT2D eigenvalue weighted by Gasteiger charge is -2.09. The Bertz CT molecular complexity index is 444. The molecule has 0 saturated heterocycles. The Morgan fingerprint density at radius 1 is 1.43 bits per heavy atom. The van der Waals surface area contributed by atoms with Crippen LogP contribution in [0.25, 0.3) is 5.65 Å². The summed E-state index contributed by atoms with van der Waals surface area (Å²) in [5.41, 5.74) is 1.97. The van der Waals surface area contributed by atoms with Crippen molar-refractivity contribution in [1.82, 2.24) is 14.6 Å². The Balaban J connectivity index is 2.67. The quantitative estimate of drug-likeness (QED) is 0.786. The molecule has 0 saturated carbocycles. The van der Waals surface area contributed by atoms with Crippen molar-refractivity contribution in [1.29, 1.82) is 0 Å². The average molecular weight is 190 g/mol. The van der Waals surface area contributed by atoms with Crippen LogP contribution in [0.1, 0.15) is 25.5 Å². The van der Waals surface area contributed by atoms with E-state index in [1.165, 1.54) is 0 Å². The minimum atomic E-state index is 0.432. The normalized spacial score (nSPS) is 11.1. The van der Waals surface area contributed by atoms with Crippen LogP contribution < -0.4 is 5.32 Å². The second kappa shape index (κ2) is 3.29. The number of aromatic nitrogens is 3. The molecule has 0 radical (unpaired) electrons. The van der Waals surface area contributed by atoms with E-state index in [2.05, 4.69) is 29.2 Å². The summed E-state index contributed by atoms with van der Waals surface area (Å²) in [5, 5.41) is 7.29. The Morgan fingerprint density at radius 2 is 2.21 bits per heavy atom. The number of hydrogen-bond acceptors (Lipinski definition) is 3. The fraction of sp³-hybridized carbons (Fsp3) is 0.400. The van der Waals surface area contributed by atoms with Gasteiger partial charge in [0.25, 0.3) is 0 Å². The summed E-state index contributed by atoms with van der Waals surface area (Å²) in [6.07, 6.45) is 1.76. The standard InChI is InChI=1S/C10H14N4/c1-7(2)8-6-10(11-3)14-9(13-8)4-5-12-14/h4-7,11H,1-3H3. The largest absolute Gasteiger partial charge is 0.373 e. The molecule has 0 aliphatic rings. The smallest absolute Gasteiger partial charge is 0.157 e. The van der Waals surface area contributed by atoms with E-state index in [-0.39, 0.29) is 0 Å². The maximum absolute atomic E-state index is 4.50. The lowest BCUT2D eigenvalue weighted by molar-refractivity contribution is 0.810. The topological polar surface area (TPSA) is 42.2 Å². The first kappa shape index (κ1) is 8.99. The van der Waals surface area contributed by atoms with E-state index in [1.807, 2.05) is 19.2 Å². The number of nitrogens with zero attached hydrogens (tertiary/aromatic N) is 3. The highest BCUT2D eigenvalue weighted by Gasteiger charge is 2.07. The zero-order valence-electron chi connectivity index (χ0n) is 8.65. The Morgan fingerprint density at radius 3 is 2.86 bits per heavy atom. The van der Waals surface area contributed by atoms with Gasteiger partial charge in [0.2, 0.25) is 0 Å². The molecule has 1 N–H and O–H groups in total. The summed E-state index contributed by atoms with van der Waals surface area (Å²) in [7, 11) is 1.89. The highest BCUT2D eigenvalue weighted by Crippen LogP contribution is 2.17. The first-order valence-corrected chi connectivity index (χ1v) is 4.75. The Labute approximate surface area is 83.0 Å². The fourth-order valence-corrected chi connectivity index (χ4v) is 1.41. The van der Waals surface area contributed by atoms with Crippen molar-refractivity contribution in [3.63, 3.8) is 0 Å². The van der Waals surface area contributed by atoms with Gasteiger partial charge in [-0.25, -0.2) is 4.98 Å². The second-order valence-electron chi connectivity index (χ2n) is 3.57. The molecule has 0 aliphatic heterocycles. The summed E-state index contributed by atoms with van der Waals surface area (Å²) in [6.45, 7) is 4.27. The molecule has 0 unspecified atom stereocenters. The van der Waals surface area contributed by atoms with Crippen molar-refractivity contribution in [3.8, 4) is 0 Å². The number of hydrogen-bond donors (Lipinski definition) is 1. The van der Waals surface area contributed by atoms with Gasteiger partial charge >= 0.3 is 0 Å². The average Bonchev–Trinajstić information content (AvgIpc) is 2.63. The molecular weight excluding hydrogens is 176 g/mol. The summed E-state index contributed by atoms with van der Waals surface area (Å²) in [6, 6.07) is 3.94. The fourth-order valence-electron chi connectivity index (χ4n) is 1.41. The molecule has 4 heteroatoms. The SMILES string of the molecule is CNc1cc(C(C)C)nc2ccnn12. The zero-order chi connectivity index (χ0) is 10.1. The van der Waals surface area contributed by atoms with Crippen molar-refractivity contribution in [2.45, 2.75) is 19.8 Å². The first-order valence-electron chi connectivity index (χ1n) is 4.75. The van der Waals surface area contributed by atoms with Crippen LogP contribution in [0, 0.1) is 0 Å². The van der Waals surface area contributed by atoms with Gasteiger partial charge in [-0.2, -0.15) is 9.61 Å². The predicted octanol–water partition coefficient (Wildman–Crippen LogP) is 1.89. The molecular formula is C10H14N4. The molecule has 2 rings (SSSR count). The molecule has 0 spiro atoms. The van der Waals surface area contributed by atoms with Crippen LogP contribution in [0.4, 0.5) is 5.82 Å². The van der Waals surface area contributed by atoms with Gasteiger partial charge in [-0.3, -0.25) is 0 Å². The molecule has 14 heavy (non-hydrogen) atoms. The maximum Gasteiger partial charge on any atom is 0.157 e. The summed E-state index contributed by atoms with van der Waals surface area (Å²) >= 11 is 0. The van der Waals surface area contributed by atoms with Gasteiger partial charge < -0.3 is 5.32 Å². The third-order valence-electron chi connectivity index (χ3n) is 2.23. The third-order valence-corrected chi connectivity index (χ3v) is 2.23. The maximum atomic E-state index is 4.50. The highest BCUT2D eigenvalue weighted by atomic mass is 15.3. The van der Waals surface area contributed by atoms with Crippen LogP contribution in [0.5, 0.6) is 0 Å². The minimum Gasteiger partial charge on any atom is -0.373 e. The van der Waals surface area contributed by atoms with Gasteiger partial charge in [-0.1, -0.05) is 13.8 Å². The molecule has 0 aliphatic carbocycles. The molecule has 2 heterocycles. The van der Waals surface area contributed by atoms with Crippen LogP contribution >= 0.6 is 0 Å². The van der Waals surface area contributed by atoms with E-state index in [1.54, 1.807) is 10.7 Å². The first-order chi connectivity index (χ1) is 6.72. The number of fused-ring (bicyclic) bond motifs is 1. The molecule has 0 atom stereocenters. The molecule has 0 fully saturated rings. The molecule has 74 valence electrons. The van der Waals surface area contributed by atoms with Crippen LogP contribution in [0.2, 0.25) is 0 Å². The third kappa shape index (κ3) is 1.32. The zero-order valence-corrected chi connectivity index (χ0v) is 8.65. The molecule has 2 aromatic rings. The lowest BCUT2D eigenvalue weighted by atomic mass is 10.1. The van der Waals surface area contributed by atoms with Gasteiger partial charge in [0.1, 0.15) is 5.82 Å². The Hall–Kier alpha value is -1.58. The molecule has 0 aromatic carbocycles. The van der Waals surface area contributed by atoms with Crippen molar-refractivity contribution in [3.05, 3.63) is 24.0 Å². The van der Waals surface area contributed by atoms with E-state index in [0.717, 1.165) is 17.2 Å². The van der Waals surface area contributed by atoms with Crippen LogP contribution in [-0.2, 0) is 0 Å². The molecule has 4 nitrogen and oxygen atoms in total. The van der Waals surface area contributed by atoms with Crippen molar-refractivity contribution in [2.75, 3.05) is 12.4 Å². The van der Waals surface area contributed by atoms with Gasteiger partial charge in [0.05, 0.1) is 6.20 Å². The molecule has 2 aromatic heterocycles. The highest BCUT2D eigenvalue weighted by molar-refractivity contribution is 5.49. The minimum absolute atomic E-state index is 0.432. The summed E-state index contributed by atoms with van der Waals surface area (Å²) in [4.78, 5) is 4.50. The number of rotatable bonds is 2. The van der Waals surface area contributed by atoms with Crippen molar-refractivity contribution in [2.24, 2.45) is 0 Å². The van der Waals surface area contributed by atoms with Gasteiger partial charge in [-0.05, 0) is 5.92 Å². The van der Waals surface area contributed by atoms with Crippen molar-refractivity contribution < 1.29 is 0 Å². The number of nitrogens with one attached hydrogen (secondary N) is 1. The van der Waals surface area contributed by atoms with E-state index in [4.69, 9.17) is 0 Å². The van der Waals surface area contributed by atoms with Crippen LogP contribution in [-0.4, -0.2) is 21.6 Å². The van der Waals surface area contributed by atoms with E-state index in [0.29, 0.717) is 5.92 Å². The van der Waals surface area contributed by atoms with Crippen LogP contribution in [0.3, 0.4) is 0 Å². The second-order valence-corrected chi connectivity index (χ2v) is 3.57. The predicted molar refractivity (Wildman–Crippen MR) is 56.6 cm³/mol. The monoisotopic (exact) mass is 190 g/mol. The molecule has 0 amide bonds. The lowest BCUT2D eigenvalue weighted by Crippen LogP contribution is -2.04. The summed E-state index contributed by atoms with van der Waals surface area (Å²) in [5.74, 6) is 1.41. The van der Waals surface area contributed by atoms with E-state index in [9.17, 15) is 0 Å². The number of anilines is 1. The summed E-state index contributed by atoms with van der Waals surface area (Å²) < 4.78 is 1.80. The molecule has 0 bridgehead atoms. The van der Waals surface area contributed by atoms with Gasteiger partial charge in [0, 0.05) is 24.9 Å². The van der Waals surface area contributed by atoms with Crippen molar-refractivity contribution >= 4 is 11.5 Å². The van der Waals surface area contributed by atoms with E-state index >= 15 is 0 Å². The van der Waals surface area contributed by atoms with Gasteiger partial charge in [0.15, 0.2) is 5.65 Å². The van der Waals surface area contributed by atoms with E-state index < -0.39 is 0 Å². The van der Waals surface area contributed by atoms with Gasteiger partial charge in [-0.15, -0.1) is 0 Å². The Kier molecular flexibility index (Phi) is 2.11. The van der Waals surface area contributed by atoms with Crippen LogP contribution in [0.15, 0.2) is 18.3 Å².